The van der Waals surface area contributed by atoms with Crippen LogP contribution >= 0.6 is 10.0 Å². The molecular formula is C9H17NO2S. The van der Waals surface area contributed by atoms with E-state index in [1.165, 1.54) is 0 Å². The number of rotatable bonds is 1. The van der Waals surface area contributed by atoms with Crippen molar-refractivity contribution in [2.45, 2.75) is 13.8 Å². The summed E-state index contributed by atoms with van der Waals surface area (Å²) in [5, 5.41) is 10.7. The highest BCUT2D eigenvalue weighted by Gasteiger charge is 2.39. The smallest absolute Gasteiger partial charge is 0.249 e. The molecule has 0 amide bonds. The van der Waals surface area contributed by atoms with Crippen LogP contribution in [0.2, 0.25) is 0 Å². The molecule has 0 atom stereocenters. The first kappa shape index (κ1) is 10.6. The van der Waals surface area contributed by atoms with Crippen molar-refractivity contribution in [3.8, 4) is 0 Å². The topological polar surface area (TPSA) is 43.1 Å². The summed E-state index contributed by atoms with van der Waals surface area (Å²) in [6, 6.07) is 0. The van der Waals surface area contributed by atoms with Crippen molar-refractivity contribution in [1.82, 2.24) is 0 Å². The fourth-order valence-electron chi connectivity index (χ4n) is 2.01. The van der Waals surface area contributed by atoms with Crippen molar-refractivity contribution < 1.29 is 4.92 Å². The molecule has 3 nitrogen and oxygen atoms in total. The van der Waals surface area contributed by atoms with Gasteiger partial charge in [0.15, 0.2) is 0 Å². The maximum absolute atomic E-state index is 10.7. The fraction of sp³-hybridized carbons (Fsp3) is 0.778. The molecule has 0 spiro atoms. The largest absolute Gasteiger partial charge is 0.259 e. The molecule has 0 unspecified atom stereocenters. The van der Waals surface area contributed by atoms with E-state index in [-0.39, 0.29) is 10.3 Å². The molecule has 1 rings (SSSR count). The van der Waals surface area contributed by atoms with Crippen LogP contribution < -0.4 is 0 Å². The van der Waals surface area contributed by atoms with Gasteiger partial charge in [0.2, 0.25) is 5.70 Å². The number of allylic oxidation sites excluding steroid dienone is 1. The Morgan fingerprint density at radius 3 is 2.46 bits per heavy atom. The number of nitro groups is 1. The van der Waals surface area contributed by atoms with Gasteiger partial charge in [0.1, 0.15) is 0 Å². The minimum absolute atomic E-state index is 0.228. The van der Waals surface area contributed by atoms with Crippen LogP contribution in [0.5, 0.6) is 0 Å². The van der Waals surface area contributed by atoms with E-state index >= 15 is 0 Å². The summed E-state index contributed by atoms with van der Waals surface area (Å²) in [5.41, 5.74) is 0.153. The summed E-state index contributed by atoms with van der Waals surface area (Å²) in [6.07, 6.45) is 6.29. The molecule has 0 bridgehead atoms. The number of hydrogen-bond donors (Lipinski definition) is 0. The second kappa shape index (κ2) is 3.01. The minimum atomic E-state index is -0.638. The predicted octanol–water partition coefficient (Wildman–Crippen LogP) is 2.25. The van der Waals surface area contributed by atoms with Crippen molar-refractivity contribution in [1.29, 1.82) is 0 Å². The first-order valence-electron chi connectivity index (χ1n) is 4.28. The molecular weight excluding hydrogens is 186 g/mol. The van der Waals surface area contributed by atoms with Gasteiger partial charge in [-0.25, -0.2) is 10.0 Å². The Labute approximate surface area is 80.7 Å². The van der Waals surface area contributed by atoms with Crippen LogP contribution in [0, 0.1) is 15.5 Å². The van der Waals surface area contributed by atoms with E-state index < -0.39 is 10.0 Å². The van der Waals surface area contributed by atoms with Gasteiger partial charge in [-0.2, -0.15) is 0 Å². The van der Waals surface area contributed by atoms with Crippen LogP contribution in [-0.4, -0.2) is 28.9 Å². The highest BCUT2D eigenvalue weighted by molar-refractivity contribution is 8.32. The first-order chi connectivity index (χ1) is 5.75. The van der Waals surface area contributed by atoms with E-state index in [2.05, 4.69) is 12.5 Å². The molecule has 0 N–H and O–H groups in total. The lowest BCUT2D eigenvalue weighted by molar-refractivity contribution is -0.439. The molecule has 0 saturated heterocycles. The predicted molar refractivity (Wildman–Crippen MR) is 58.0 cm³/mol. The maximum Gasteiger partial charge on any atom is 0.249 e. The van der Waals surface area contributed by atoms with Crippen LogP contribution in [0.3, 0.4) is 0 Å². The lowest BCUT2D eigenvalue weighted by atomic mass is 9.91. The van der Waals surface area contributed by atoms with Crippen molar-refractivity contribution in [2.75, 3.05) is 24.0 Å². The Hall–Kier alpha value is -0.510. The Bertz CT molecular complexity index is 269. The maximum atomic E-state index is 10.7. The van der Waals surface area contributed by atoms with Crippen molar-refractivity contribution in [3.63, 3.8) is 0 Å². The van der Waals surface area contributed by atoms with Crippen LogP contribution in [0.1, 0.15) is 13.8 Å². The zero-order valence-electron chi connectivity index (χ0n) is 8.66. The van der Waals surface area contributed by atoms with E-state index in [0.29, 0.717) is 5.70 Å². The Kier molecular flexibility index (Phi) is 2.45. The first-order valence-corrected chi connectivity index (χ1v) is 7.07. The molecule has 0 aliphatic carbocycles. The standard InChI is InChI=1S/C9H17NO2S/c1-9(2)7-13(3,4)6-5-8(9)10(11)12/h5H,6-7H2,1-4H3. The molecule has 13 heavy (non-hydrogen) atoms. The molecule has 76 valence electrons. The van der Waals surface area contributed by atoms with Crippen molar-refractivity contribution >= 4 is 10.0 Å². The summed E-state index contributed by atoms with van der Waals surface area (Å²) in [6.45, 7) is 3.94. The van der Waals surface area contributed by atoms with E-state index in [1.54, 1.807) is 0 Å². The van der Waals surface area contributed by atoms with Gasteiger partial charge >= 0.3 is 0 Å². The Morgan fingerprint density at radius 2 is 2.08 bits per heavy atom. The van der Waals surface area contributed by atoms with Gasteiger partial charge in [-0.1, -0.05) is 0 Å². The highest BCUT2D eigenvalue weighted by Crippen LogP contribution is 2.51. The second-order valence-electron chi connectivity index (χ2n) is 4.81. The summed E-state index contributed by atoms with van der Waals surface area (Å²) in [4.78, 5) is 10.5. The van der Waals surface area contributed by atoms with Crippen molar-refractivity contribution in [2.24, 2.45) is 5.41 Å². The minimum Gasteiger partial charge on any atom is -0.259 e. The zero-order chi connectivity index (χ0) is 10.3. The average molecular weight is 203 g/mol. The average Bonchev–Trinajstić information content (AvgIpc) is 1.79. The highest BCUT2D eigenvalue weighted by atomic mass is 32.3. The number of nitrogens with zero attached hydrogens (tertiary/aromatic N) is 1. The molecule has 0 radical (unpaired) electrons. The third-order valence-corrected chi connectivity index (χ3v) is 4.94. The molecule has 0 aromatic rings. The van der Waals surface area contributed by atoms with Gasteiger partial charge in [-0.05, 0) is 38.2 Å². The molecule has 1 aliphatic rings. The summed E-state index contributed by atoms with van der Waals surface area (Å²) in [7, 11) is -0.638. The molecule has 0 fully saturated rings. The quantitative estimate of drug-likeness (QED) is 0.484. The van der Waals surface area contributed by atoms with Gasteiger partial charge in [0.05, 0.1) is 10.3 Å². The van der Waals surface area contributed by atoms with E-state index in [4.69, 9.17) is 0 Å². The van der Waals surface area contributed by atoms with Crippen LogP contribution in [0.25, 0.3) is 0 Å². The van der Waals surface area contributed by atoms with Crippen LogP contribution in [-0.2, 0) is 0 Å². The molecule has 1 aliphatic heterocycles. The van der Waals surface area contributed by atoms with Gasteiger partial charge in [0.25, 0.3) is 0 Å². The Balaban J connectivity index is 3.00. The van der Waals surface area contributed by atoms with Gasteiger partial charge in [-0.15, -0.1) is 0 Å². The fourth-order valence-corrected chi connectivity index (χ4v) is 4.84. The molecule has 0 aromatic heterocycles. The molecule has 1 heterocycles. The monoisotopic (exact) mass is 203 g/mol. The van der Waals surface area contributed by atoms with Gasteiger partial charge < -0.3 is 0 Å². The summed E-state index contributed by atoms with van der Waals surface area (Å²) >= 11 is 0. The Morgan fingerprint density at radius 1 is 1.54 bits per heavy atom. The molecule has 4 heteroatoms. The van der Waals surface area contributed by atoms with Gasteiger partial charge in [0, 0.05) is 5.75 Å². The third kappa shape index (κ3) is 2.24. The zero-order valence-corrected chi connectivity index (χ0v) is 9.48. The van der Waals surface area contributed by atoms with Gasteiger partial charge in [-0.3, -0.25) is 10.1 Å². The normalized spacial score (nSPS) is 27.5. The molecule has 0 aromatic carbocycles. The number of hydrogen-bond acceptors (Lipinski definition) is 2. The SMILES string of the molecule is CC1(C)CS(C)(C)CC=C1[N+](=O)[O-]. The van der Waals surface area contributed by atoms with E-state index in [1.807, 2.05) is 19.9 Å². The third-order valence-electron chi connectivity index (χ3n) is 2.37. The second-order valence-corrected chi connectivity index (χ2v) is 8.96. The van der Waals surface area contributed by atoms with Crippen molar-refractivity contribution in [3.05, 3.63) is 21.9 Å². The molecule has 0 saturated carbocycles. The summed E-state index contributed by atoms with van der Waals surface area (Å²) < 4.78 is 0. The van der Waals surface area contributed by atoms with E-state index in [9.17, 15) is 10.1 Å². The lowest BCUT2D eigenvalue weighted by Crippen LogP contribution is -2.32. The van der Waals surface area contributed by atoms with E-state index in [0.717, 1.165) is 11.5 Å². The summed E-state index contributed by atoms with van der Waals surface area (Å²) in [5.74, 6) is 1.86. The van der Waals surface area contributed by atoms with Crippen LogP contribution in [0.15, 0.2) is 11.8 Å². The lowest BCUT2D eigenvalue weighted by Gasteiger charge is -2.40. The van der Waals surface area contributed by atoms with Crippen LogP contribution in [0.4, 0.5) is 0 Å².